The average Bonchev–Trinajstić information content (AvgIpc) is 2.46. The van der Waals surface area contributed by atoms with Crippen LogP contribution in [-0.2, 0) is 9.53 Å². The van der Waals surface area contributed by atoms with E-state index in [4.69, 9.17) is 4.74 Å². The van der Waals surface area contributed by atoms with Crippen LogP contribution in [0.15, 0.2) is 0 Å². The van der Waals surface area contributed by atoms with Gasteiger partial charge in [-0.05, 0) is 39.5 Å². The van der Waals surface area contributed by atoms with Gasteiger partial charge in [0, 0.05) is 26.6 Å². The van der Waals surface area contributed by atoms with Gasteiger partial charge >= 0.3 is 0 Å². The van der Waals surface area contributed by atoms with E-state index in [-0.39, 0.29) is 12.0 Å². The minimum atomic E-state index is -0.602. The van der Waals surface area contributed by atoms with Crippen molar-refractivity contribution in [2.45, 2.75) is 57.7 Å². The van der Waals surface area contributed by atoms with Gasteiger partial charge in [0.1, 0.15) is 0 Å². The molecule has 0 aromatic rings. The summed E-state index contributed by atoms with van der Waals surface area (Å²) < 4.78 is 5.13. The molecule has 4 nitrogen and oxygen atoms in total. The lowest BCUT2D eigenvalue weighted by Crippen LogP contribution is -2.33. The number of nitrogens with zero attached hydrogens (tertiary/aromatic N) is 1. The standard InChI is InChI=1S/C13H25NO3/c1-11(17-3)5-6-12(15)14-9-4-7-13(2,16)8-10-14/h11,16H,4-10H2,1-3H3. The van der Waals surface area contributed by atoms with Gasteiger partial charge in [0.25, 0.3) is 0 Å². The van der Waals surface area contributed by atoms with Crippen molar-refractivity contribution >= 4 is 5.91 Å². The van der Waals surface area contributed by atoms with Gasteiger partial charge in [0.2, 0.25) is 5.91 Å². The van der Waals surface area contributed by atoms with Gasteiger partial charge in [-0.3, -0.25) is 4.79 Å². The minimum Gasteiger partial charge on any atom is -0.390 e. The monoisotopic (exact) mass is 243 g/mol. The van der Waals surface area contributed by atoms with Crippen molar-refractivity contribution in [1.82, 2.24) is 4.90 Å². The van der Waals surface area contributed by atoms with E-state index < -0.39 is 5.60 Å². The number of ether oxygens (including phenoxy) is 1. The predicted molar refractivity (Wildman–Crippen MR) is 66.8 cm³/mol. The van der Waals surface area contributed by atoms with Crippen LogP contribution in [0.25, 0.3) is 0 Å². The Kier molecular flexibility index (Phi) is 5.40. The fourth-order valence-corrected chi connectivity index (χ4v) is 2.12. The predicted octanol–water partition coefficient (Wildman–Crippen LogP) is 1.56. The van der Waals surface area contributed by atoms with Gasteiger partial charge in [-0.1, -0.05) is 0 Å². The van der Waals surface area contributed by atoms with Crippen molar-refractivity contribution in [3.8, 4) is 0 Å². The average molecular weight is 243 g/mol. The molecule has 0 aromatic heterocycles. The van der Waals surface area contributed by atoms with Crippen molar-refractivity contribution in [2.24, 2.45) is 0 Å². The van der Waals surface area contributed by atoms with Crippen LogP contribution in [0.4, 0.5) is 0 Å². The maximum Gasteiger partial charge on any atom is 0.222 e. The summed E-state index contributed by atoms with van der Waals surface area (Å²) >= 11 is 0. The summed E-state index contributed by atoms with van der Waals surface area (Å²) in [5.41, 5.74) is -0.602. The SMILES string of the molecule is COC(C)CCC(=O)N1CCCC(C)(O)CC1. The molecule has 1 aliphatic heterocycles. The molecule has 0 spiro atoms. The smallest absolute Gasteiger partial charge is 0.222 e. The molecule has 0 saturated carbocycles. The largest absolute Gasteiger partial charge is 0.390 e. The first-order valence-corrected chi connectivity index (χ1v) is 6.47. The molecule has 4 heteroatoms. The summed E-state index contributed by atoms with van der Waals surface area (Å²) in [5.74, 6) is 0.187. The van der Waals surface area contributed by atoms with Crippen LogP contribution in [-0.4, -0.2) is 47.8 Å². The van der Waals surface area contributed by atoms with Gasteiger partial charge in [0.05, 0.1) is 11.7 Å². The van der Waals surface area contributed by atoms with Crippen molar-refractivity contribution in [3.63, 3.8) is 0 Å². The third-order valence-corrected chi connectivity index (χ3v) is 3.58. The zero-order valence-corrected chi connectivity index (χ0v) is 11.2. The third kappa shape index (κ3) is 5.04. The fraction of sp³-hybridized carbons (Fsp3) is 0.923. The van der Waals surface area contributed by atoms with E-state index in [1.165, 1.54) is 0 Å². The number of rotatable bonds is 4. The lowest BCUT2D eigenvalue weighted by atomic mass is 9.98. The maximum absolute atomic E-state index is 12.0. The second-order valence-electron chi connectivity index (χ2n) is 5.32. The Morgan fingerprint density at radius 2 is 2.18 bits per heavy atom. The summed E-state index contributed by atoms with van der Waals surface area (Å²) in [6.07, 6.45) is 3.79. The second kappa shape index (κ2) is 6.36. The van der Waals surface area contributed by atoms with Crippen LogP contribution in [0.5, 0.6) is 0 Å². The van der Waals surface area contributed by atoms with E-state index in [9.17, 15) is 9.90 Å². The summed E-state index contributed by atoms with van der Waals surface area (Å²) in [5, 5.41) is 9.95. The zero-order valence-electron chi connectivity index (χ0n) is 11.2. The molecule has 1 amide bonds. The van der Waals surface area contributed by atoms with Crippen LogP contribution < -0.4 is 0 Å². The quantitative estimate of drug-likeness (QED) is 0.815. The molecule has 0 bridgehead atoms. The van der Waals surface area contributed by atoms with Crippen molar-refractivity contribution in [2.75, 3.05) is 20.2 Å². The molecule has 1 fully saturated rings. The summed E-state index contributed by atoms with van der Waals surface area (Å²) in [7, 11) is 1.66. The molecule has 1 N–H and O–H groups in total. The van der Waals surface area contributed by atoms with Crippen LogP contribution in [0.3, 0.4) is 0 Å². The topological polar surface area (TPSA) is 49.8 Å². The molecular weight excluding hydrogens is 218 g/mol. The lowest BCUT2D eigenvalue weighted by Gasteiger charge is -2.23. The highest BCUT2D eigenvalue weighted by Gasteiger charge is 2.26. The van der Waals surface area contributed by atoms with Gasteiger partial charge in [0.15, 0.2) is 0 Å². The van der Waals surface area contributed by atoms with E-state index in [0.29, 0.717) is 19.4 Å². The third-order valence-electron chi connectivity index (χ3n) is 3.58. The minimum absolute atomic E-state index is 0.133. The van der Waals surface area contributed by atoms with Gasteiger partial charge in [-0.25, -0.2) is 0 Å². The number of methoxy groups -OCH3 is 1. The van der Waals surface area contributed by atoms with E-state index in [2.05, 4.69) is 0 Å². The fourth-order valence-electron chi connectivity index (χ4n) is 2.12. The summed E-state index contributed by atoms with van der Waals surface area (Å²) in [4.78, 5) is 13.8. The van der Waals surface area contributed by atoms with Crippen molar-refractivity contribution in [3.05, 3.63) is 0 Å². The molecule has 0 aliphatic carbocycles. The van der Waals surface area contributed by atoms with Crippen molar-refractivity contribution in [1.29, 1.82) is 0 Å². The van der Waals surface area contributed by atoms with Gasteiger partial charge < -0.3 is 14.7 Å². The van der Waals surface area contributed by atoms with E-state index >= 15 is 0 Å². The number of likely N-dealkylation sites (tertiary alicyclic amines) is 1. The number of hydrogen-bond acceptors (Lipinski definition) is 3. The first kappa shape index (κ1) is 14.5. The Hall–Kier alpha value is -0.610. The number of carbonyl (C=O) groups is 1. The Morgan fingerprint density at radius 3 is 2.82 bits per heavy atom. The molecule has 17 heavy (non-hydrogen) atoms. The van der Waals surface area contributed by atoms with Crippen LogP contribution >= 0.6 is 0 Å². The number of aliphatic hydroxyl groups is 1. The first-order chi connectivity index (χ1) is 7.94. The zero-order chi connectivity index (χ0) is 12.9. The van der Waals surface area contributed by atoms with Crippen LogP contribution in [0.1, 0.15) is 46.0 Å². The maximum atomic E-state index is 12.0. The highest BCUT2D eigenvalue weighted by molar-refractivity contribution is 5.76. The molecule has 0 radical (unpaired) electrons. The van der Waals surface area contributed by atoms with Crippen LogP contribution in [0.2, 0.25) is 0 Å². The highest BCUT2D eigenvalue weighted by atomic mass is 16.5. The van der Waals surface area contributed by atoms with Crippen molar-refractivity contribution < 1.29 is 14.6 Å². The highest BCUT2D eigenvalue weighted by Crippen LogP contribution is 2.21. The Morgan fingerprint density at radius 1 is 1.47 bits per heavy atom. The normalized spacial score (nSPS) is 27.6. The molecule has 2 unspecified atom stereocenters. The summed E-state index contributed by atoms with van der Waals surface area (Å²) in [6.45, 7) is 5.28. The number of amides is 1. The molecule has 100 valence electrons. The van der Waals surface area contributed by atoms with Gasteiger partial charge in [-0.15, -0.1) is 0 Å². The van der Waals surface area contributed by atoms with E-state index in [1.807, 2.05) is 18.7 Å². The Labute approximate surface area is 104 Å². The Balaban J connectivity index is 2.37. The lowest BCUT2D eigenvalue weighted by molar-refractivity contribution is -0.131. The molecular formula is C13H25NO3. The second-order valence-corrected chi connectivity index (χ2v) is 5.32. The number of carbonyl (C=O) groups excluding carboxylic acids is 1. The van der Waals surface area contributed by atoms with Crippen LogP contribution in [0, 0.1) is 0 Å². The molecule has 1 saturated heterocycles. The van der Waals surface area contributed by atoms with Gasteiger partial charge in [-0.2, -0.15) is 0 Å². The number of hydrogen-bond donors (Lipinski definition) is 1. The first-order valence-electron chi connectivity index (χ1n) is 6.47. The molecule has 0 aromatic carbocycles. The van der Waals surface area contributed by atoms with E-state index in [0.717, 1.165) is 25.8 Å². The van der Waals surface area contributed by atoms with E-state index in [1.54, 1.807) is 7.11 Å². The summed E-state index contributed by atoms with van der Waals surface area (Å²) in [6, 6.07) is 0. The molecule has 2 atom stereocenters. The Bertz CT molecular complexity index is 253. The molecule has 1 rings (SSSR count). The molecule has 1 aliphatic rings. The molecule has 1 heterocycles.